The summed E-state index contributed by atoms with van der Waals surface area (Å²) >= 11 is 0. The van der Waals surface area contributed by atoms with Gasteiger partial charge in [0.15, 0.2) is 0 Å². The van der Waals surface area contributed by atoms with Crippen LogP contribution in [0, 0.1) is 35.4 Å². The van der Waals surface area contributed by atoms with Gasteiger partial charge < -0.3 is 10.2 Å². The molecule has 4 aliphatic rings. The predicted molar refractivity (Wildman–Crippen MR) is 169 cm³/mol. The van der Waals surface area contributed by atoms with E-state index in [1.54, 1.807) is 24.5 Å². The Labute approximate surface area is 262 Å². The second-order valence-electron chi connectivity index (χ2n) is 14.3. The van der Waals surface area contributed by atoms with Gasteiger partial charge in [-0.05, 0) is 76.9 Å². The van der Waals surface area contributed by atoms with E-state index in [-0.39, 0.29) is 16.5 Å². The van der Waals surface area contributed by atoms with Gasteiger partial charge in [-0.2, -0.15) is 5.26 Å². The summed E-state index contributed by atoms with van der Waals surface area (Å²) in [5, 5.41) is 13.8. The quantitative estimate of drug-likeness (QED) is 0.306. The molecule has 0 unspecified atom stereocenters. The molecule has 1 aromatic carbocycles. The summed E-state index contributed by atoms with van der Waals surface area (Å²) in [7, 11) is 0. The van der Waals surface area contributed by atoms with Crippen molar-refractivity contribution in [2.75, 3.05) is 25.0 Å². The van der Waals surface area contributed by atoms with E-state index in [0.717, 1.165) is 32.2 Å². The van der Waals surface area contributed by atoms with Gasteiger partial charge in [0.25, 0.3) is 11.5 Å². The topological polar surface area (TPSA) is 86.8 Å². The van der Waals surface area contributed by atoms with Crippen LogP contribution in [-0.4, -0.2) is 39.1 Å². The molecule has 1 aliphatic carbocycles. The minimum Gasteiger partial charge on any atom is -0.363 e. The summed E-state index contributed by atoms with van der Waals surface area (Å²) < 4.78 is 49.7. The van der Waals surface area contributed by atoms with Crippen LogP contribution in [0.2, 0.25) is 0 Å². The van der Waals surface area contributed by atoms with Crippen molar-refractivity contribution in [2.24, 2.45) is 11.3 Å². The molecule has 1 N–H and O–H groups in total. The number of anilines is 1. The number of alkyl halides is 2. The minimum absolute atomic E-state index is 0.00416. The van der Waals surface area contributed by atoms with Gasteiger partial charge >= 0.3 is 0 Å². The van der Waals surface area contributed by atoms with Gasteiger partial charge in [-0.15, -0.1) is 0 Å². The molecule has 5 heterocycles. The smallest absolute Gasteiger partial charge is 0.278 e. The number of fused-ring (bicyclic) bond motifs is 9. The second kappa shape index (κ2) is 11.7. The Morgan fingerprint density at radius 2 is 1.76 bits per heavy atom. The van der Waals surface area contributed by atoms with E-state index in [0.29, 0.717) is 73.6 Å². The number of rotatable bonds is 1. The van der Waals surface area contributed by atoms with Crippen molar-refractivity contribution < 1.29 is 13.2 Å². The van der Waals surface area contributed by atoms with Crippen LogP contribution in [-0.2, 0) is 17.9 Å². The number of aryl methyl sites for hydroxylation is 2. The van der Waals surface area contributed by atoms with E-state index in [2.05, 4.69) is 40.1 Å². The first-order chi connectivity index (χ1) is 21.3. The summed E-state index contributed by atoms with van der Waals surface area (Å²) in [5.41, 5.74) is -0.605. The van der Waals surface area contributed by atoms with E-state index in [1.165, 1.54) is 18.2 Å². The highest BCUT2D eigenvalue weighted by Gasteiger charge is 2.48. The number of halogens is 3. The van der Waals surface area contributed by atoms with Gasteiger partial charge in [0, 0.05) is 30.1 Å². The number of pyridine rings is 1. The third-order valence-electron chi connectivity index (χ3n) is 10.2. The van der Waals surface area contributed by atoms with Gasteiger partial charge in [0.05, 0.1) is 28.5 Å². The monoisotopic (exact) mass is 620 g/mol. The fourth-order valence-corrected chi connectivity index (χ4v) is 7.41. The van der Waals surface area contributed by atoms with Crippen LogP contribution in [0.4, 0.5) is 19.0 Å². The van der Waals surface area contributed by atoms with Gasteiger partial charge in [0.2, 0.25) is 0 Å². The third-order valence-corrected chi connectivity index (χ3v) is 10.2. The highest BCUT2D eigenvalue weighted by molar-refractivity contribution is 5.88. The van der Waals surface area contributed by atoms with Crippen LogP contribution in [0.3, 0.4) is 0 Å². The summed E-state index contributed by atoms with van der Waals surface area (Å²) in [6.45, 7) is 10.3. The standard InChI is InChI=1S/C35H43F3N6O/c1-22-25-9-8-10-27(29(25)36)35(37,38)24-11-17-43(18-12-24)21-33(3,4)13-6-5-7-16-44-31-26(30(40-22)41-23(2)42-31)19-28(32(44)45)34(20-39)14-15-34/h8-10,19,22,24H,5-7,11-18,21H2,1-4H3,(H,40,41,42)/t22-/m1/s1. The number of hydrogen-bond acceptors (Lipinski definition) is 6. The zero-order chi connectivity index (χ0) is 32.1. The van der Waals surface area contributed by atoms with Crippen LogP contribution < -0.4 is 10.9 Å². The normalized spacial score (nSPS) is 26.0. The number of nitrogens with one attached hydrogen (secondary N) is 1. The molecule has 2 aromatic heterocycles. The molecule has 7 rings (SSSR count). The molecule has 2 fully saturated rings. The molecule has 10 heteroatoms. The number of nitrogens with zero attached hydrogens (tertiary/aromatic N) is 5. The van der Waals surface area contributed by atoms with Crippen molar-refractivity contribution in [2.45, 2.75) is 103 Å². The van der Waals surface area contributed by atoms with Gasteiger partial charge in [0.1, 0.15) is 23.1 Å². The highest BCUT2D eigenvalue weighted by Crippen LogP contribution is 2.47. The van der Waals surface area contributed by atoms with E-state index in [1.807, 2.05) is 0 Å². The average Bonchev–Trinajstić information content (AvgIpc) is 3.78. The van der Waals surface area contributed by atoms with E-state index in [4.69, 9.17) is 0 Å². The van der Waals surface area contributed by atoms with Crippen molar-refractivity contribution in [1.82, 2.24) is 19.4 Å². The van der Waals surface area contributed by atoms with Crippen molar-refractivity contribution in [3.63, 3.8) is 0 Å². The zero-order valence-corrected chi connectivity index (χ0v) is 26.7. The molecule has 0 amide bonds. The molecule has 0 radical (unpaired) electrons. The van der Waals surface area contributed by atoms with Gasteiger partial charge in [-0.3, -0.25) is 9.36 Å². The first kappa shape index (κ1) is 31.5. The second-order valence-corrected chi connectivity index (χ2v) is 14.3. The van der Waals surface area contributed by atoms with E-state index in [9.17, 15) is 10.1 Å². The SMILES string of the molecule is Cc1nc2c3cc(C4(C#N)CC4)c(=O)n(c3n1)CCCCCC(C)(C)CN1CCC(CC1)C(F)(F)c1cccc(c1F)[C@@H](C)N2. The van der Waals surface area contributed by atoms with Gasteiger partial charge in [-0.1, -0.05) is 44.9 Å². The Balaban J connectivity index is 1.46. The maximum absolute atomic E-state index is 16.1. The number of nitriles is 1. The molecule has 3 aromatic rings. The van der Waals surface area contributed by atoms with Crippen LogP contribution in [0.1, 0.15) is 101 Å². The summed E-state index contributed by atoms with van der Waals surface area (Å²) in [5.74, 6) is -4.35. The molecule has 1 saturated carbocycles. The van der Waals surface area contributed by atoms with E-state index < -0.39 is 34.7 Å². The predicted octanol–water partition coefficient (Wildman–Crippen LogP) is 7.37. The number of piperidine rings is 1. The largest absolute Gasteiger partial charge is 0.363 e. The van der Waals surface area contributed by atoms with Crippen LogP contribution >= 0.6 is 0 Å². The zero-order valence-electron chi connectivity index (χ0n) is 26.7. The summed E-state index contributed by atoms with van der Waals surface area (Å²) in [4.78, 5) is 25.5. The number of hydrogen-bond donors (Lipinski definition) is 1. The van der Waals surface area contributed by atoms with Gasteiger partial charge in [-0.25, -0.2) is 23.1 Å². The van der Waals surface area contributed by atoms with Crippen molar-refractivity contribution in [3.05, 3.63) is 63.0 Å². The number of benzene rings is 1. The van der Waals surface area contributed by atoms with Crippen LogP contribution in [0.15, 0.2) is 29.1 Å². The molecule has 45 heavy (non-hydrogen) atoms. The molecule has 1 saturated heterocycles. The van der Waals surface area contributed by atoms with Crippen molar-refractivity contribution in [3.8, 4) is 6.07 Å². The summed E-state index contributed by atoms with van der Waals surface area (Å²) in [6, 6.07) is 7.58. The lowest BCUT2D eigenvalue weighted by Crippen LogP contribution is -2.43. The molecule has 8 bridgehead atoms. The van der Waals surface area contributed by atoms with E-state index >= 15 is 13.2 Å². The molecule has 7 nitrogen and oxygen atoms in total. The van der Waals surface area contributed by atoms with Crippen LogP contribution in [0.25, 0.3) is 11.0 Å². The third kappa shape index (κ3) is 5.96. The fraction of sp³-hybridized carbons (Fsp3) is 0.600. The first-order valence-corrected chi connectivity index (χ1v) is 16.3. The molecule has 0 spiro atoms. The first-order valence-electron chi connectivity index (χ1n) is 16.3. The van der Waals surface area contributed by atoms with Crippen LogP contribution in [0.5, 0.6) is 0 Å². The molecule has 1 atom stereocenters. The lowest BCUT2D eigenvalue weighted by atomic mass is 9.82. The average molecular weight is 621 g/mol. The maximum Gasteiger partial charge on any atom is 0.278 e. The Morgan fingerprint density at radius 1 is 1.02 bits per heavy atom. The minimum atomic E-state index is -3.31. The lowest BCUT2D eigenvalue weighted by Gasteiger charge is -2.39. The Morgan fingerprint density at radius 3 is 2.44 bits per heavy atom. The Bertz CT molecular complexity index is 1700. The fourth-order valence-electron chi connectivity index (χ4n) is 7.41. The molecule has 240 valence electrons. The Hall–Kier alpha value is -3.45. The Kier molecular flexibility index (Phi) is 8.22. The van der Waals surface area contributed by atoms with Crippen molar-refractivity contribution in [1.29, 1.82) is 5.26 Å². The number of aromatic nitrogens is 3. The molecular formula is C35H43F3N6O. The lowest BCUT2D eigenvalue weighted by molar-refractivity contribution is -0.0898. The maximum atomic E-state index is 16.1. The summed E-state index contributed by atoms with van der Waals surface area (Å²) in [6.07, 6.45) is 5.48. The molecule has 3 aliphatic heterocycles. The van der Waals surface area contributed by atoms with Crippen molar-refractivity contribution >= 4 is 16.9 Å². The highest BCUT2D eigenvalue weighted by atomic mass is 19.3. The molecular weight excluding hydrogens is 577 g/mol.